The molecule has 1 heterocycles. The standard InChI is InChI=1S/C14H13N5O/c15-10-18-14(19-12-2-1-7-16-9-12)17-8-11-3-5-13(20)6-4-11/h1-7,9,20H,8H2,(H2,17,18,19). The molecule has 0 aliphatic carbocycles. The van der Waals surface area contributed by atoms with Gasteiger partial charge in [-0.1, -0.05) is 12.1 Å². The lowest BCUT2D eigenvalue weighted by atomic mass is 10.2. The van der Waals surface area contributed by atoms with E-state index in [2.05, 4.69) is 20.6 Å². The lowest BCUT2D eigenvalue weighted by Gasteiger charge is -2.07. The molecular weight excluding hydrogens is 254 g/mol. The molecule has 0 aliphatic rings. The summed E-state index contributed by atoms with van der Waals surface area (Å²) in [6.45, 7) is 0.386. The molecule has 0 aliphatic heterocycles. The van der Waals surface area contributed by atoms with Gasteiger partial charge in [0.25, 0.3) is 0 Å². The van der Waals surface area contributed by atoms with E-state index in [1.165, 1.54) is 0 Å². The van der Waals surface area contributed by atoms with Gasteiger partial charge in [-0.3, -0.25) is 10.3 Å². The molecule has 0 bridgehead atoms. The van der Waals surface area contributed by atoms with Crippen LogP contribution in [-0.2, 0) is 6.54 Å². The van der Waals surface area contributed by atoms with Crippen LogP contribution in [0.5, 0.6) is 5.75 Å². The average molecular weight is 267 g/mol. The van der Waals surface area contributed by atoms with E-state index in [9.17, 15) is 5.11 Å². The largest absolute Gasteiger partial charge is 0.508 e. The van der Waals surface area contributed by atoms with Gasteiger partial charge in [0.15, 0.2) is 6.19 Å². The molecule has 100 valence electrons. The number of aliphatic imine (C=N–C) groups is 1. The molecule has 0 saturated heterocycles. The minimum atomic E-state index is 0.210. The summed E-state index contributed by atoms with van der Waals surface area (Å²) in [6.07, 6.45) is 5.13. The third-order valence-electron chi connectivity index (χ3n) is 2.45. The van der Waals surface area contributed by atoms with Gasteiger partial charge in [-0.2, -0.15) is 5.26 Å². The molecule has 6 nitrogen and oxygen atoms in total. The van der Waals surface area contributed by atoms with Crippen molar-refractivity contribution in [2.75, 3.05) is 5.32 Å². The molecule has 2 rings (SSSR count). The molecule has 1 aromatic heterocycles. The van der Waals surface area contributed by atoms with Gasteiger partial charge < -0.3 is 10.4 Å². The third kappa shape index (κ3) is 3.99. The molecule has 0 radical (unpaired) electrons. The van der Waals surface area contributed by atoms with Crippen molar-refractivity contribution >= 4 is 11.6 Å². The summed E-state index contributed by atoms with van der Waals surface area (Å²) < 4.78 is 0. The minimum absolute atomic E-state index is 0.210. The smallest absolute Gasteiger partial charge is 0.209 e. The van der Waals surface area contributed by atoms with E-state index in [1.807, 2.05) is 12.3 Å². The Hall–Kier alpha value is -3.07. The van der Waals surface area contributed by atoms with Crippen LogP contribution in [0.2, 0.25) is 0 Å². The number of benzene rings is 1. The van der Waals surface area contributed by atoms with Crippen molar-refractivity contribution in [3.8, 4) is 11.9 Å². The lowest BCUT2D eigenvalue weighted by Crippen LogP contribution is -2.26. The number of nitriles is 1. The van der Waals surface area contributed by atoms with Gasteiger partial charge in [-0.25, -0.2) is 4.99 Å². The van der Waals surface area contributed by atoms with Crippen LogP contribution >= 0.6 is 0 Å². The van der Waals surface area contributed by atoms with Gasteiger partial charge in [-0.05, 0) is 29.8 Å². The Morgan fingerprint density at radius 1 is 1.30 bits per heavy atom. The molecule has 2 aromatic rings. The highest BCUT2D eigenvalue weighted by molar-refractivity contribution is 5.94. The van der Waals surface area contributed by atoms with Crippen LogP contribution in [0, 0.1) is 11.5 Å². The number of anilines is 1. The van der Waals surface area contributed by atoms with E-state index in [0.29, 0.717) is 12.5 Å². The molecule has 3 N–H and O–H groups in total. The number of aromatic nitrogens is 1. The number of guanidine groups is 1. The zero-order chi connectivity index (χ0) is 14.2. The maximum atomic E-state index is 9.20. The topological polar surface area (TPSA) is 93.3 Å². The highest BCUT2D eigenvalue weighted by atomic mass is 16.3. The molecule has 0 fully saturated rings. The first-order valence-electron chi connectivity index (χ1n) is 5.92. The second-order valence-corrected chi connectivity index (χ2v) is 3.93. The first-order chi connectivity index (χ1) is 9.78. The predicted molar refractivity (Wildman–Crippen MR) is 75.9 cm³/mol. The number of hydrogen-bond acceptors (Lipinski definition) is 4. The number of hydrogen-bond donors (Lipinski definition) is 3. The van der Waals surface area contributed by atoms with E-state index in [4.69, 9.17) is 5.26 Å². The fraction of sp³-hybridized carbons (Fsp3) is 0.0714. The van der Waals surface area contributed by atoms with Gasteiger partial charge in [0, 0.05) is 6.20 Å². The number of phenolic OH excluding ortho intramolecular Hbond substituents is 1. The van der Waals surface area contributed by atoms with Crippen LogP contribution < -0.4 is 10.6 Å². The lowest BCUT2D eigenvalue weighted by molar-refractivity contribution is 0.475. The first kappa shape index (κ1) is 13.4. The zero-order valence-electron chi connectivity index (χ0n) is 10.6. The second-order valence-electron chi connectivity index (χ2n) is 3.93. The van der Waals surface area contributed by atoms with Crippen LogP contribution in [0.15, 0.2) is 53.8 Å². The number of rotatable bonds is 3. The van der Waals surface area contributed by atoms with Crippen LogP contribution in [0.4, 0.5) is 5.69 Å². The molecule has 0 unspecified atom stereocenters. The summed E-state index contributed by atoms with van der Waals surface area (Å²) in [7, 11) is 0. The summed E-state index contributed by atoms with van der Waals surface area (Å²) in [5.74, 6) is 0.551. The fourth-order valence-corrected chi connectivity index (χ4v) is 1.51. The summed E-state index contributed by atoms with van der Waals surface area (Å²) in [6, 6.07) is 10.3. The summed E-state index contributed by atoms with van der Waals surface area (Å²) in [5.41, 5.74) is 1.66. The van der Waals surface area contributed by atoms with E-state index >= 15 is 0 Å². The van der Waals surface area contributed by atoms with Gasteiger partial charge in [0.05, 0.1) is 18.4 Å². The van der Waals surface area contributed by atoms with Gasteiger partial charge in [0.1, 0.15) is 5.75 Å². The van der Waals surface area contributed by atoms with E-state index in [-0.39, 0.29) is 5.75 Å². The van der Waals surface area contributed by atoms with E-state index in [1.54, 1.807) is 42.7 Å². The Morgan fingerprint density at radius 2 is 2.10 bits per heavy atom. The molecular formula is C14H13N5O. The van der Waals surface area contributed by atoms with Gasteiger partial charge in [-0.15, -0.1) is 0 Å². The van der Waals surface area contributed by atoms with Gasteiger partial charge in [0.2, 0.25) is 5.96 Å². The monoisotopic (exact) mass is 267 g/mol. The average Bonchev–Trinajstić information content (AvgIpc) is 2.48. The number of nitrogens with one attached hydrogen (secondary N) is 2. The highest BCUT2D eigenvalue weighted by Gasteiger charge is 1.99. The van der Waals surface area contributed by atoms with Crippen LogP contribution in [0.3, 0.4) is 0 Å². The van der Waals surface area contributed by atoms with Crippen LogP contribution in [-0.4, -0.2) is 16.1 Å². The minimum Gasteiger partial charge on any atom is -0.508 e. The maximum absolute atomic E-state index is 9.20. The van der Waals surface area contributed by atoms with Crippen molar-refractivity contribution in [1.82, 2.24) is 10.3 Å². The zero-order valence-corrected chi connectivity index (χ0v) is 10.6. The molecule has 0 atom stereocenters. The number of pyridine rings is 1. The van der Waals surface area contributed by atoms with Crippen molar-refractivity contribution < 1.29 is 5.11 Å². The van der Waals surface area contributed by atoms with E-state index in [0.717, 1.165) is 11.3 Å². The maximum Gasteiger partial charge on any atom is 0.209 e. The quantitative estimate of drug-likeness (QED) is 0.341. The Kier molecular flexibility index (Phi) is 4.51. The summed E-state index contributed by atoms with van der Waals surface area (Å²) in [5, 5.41) is 23.4. The number of nitrogens with zero attached hydrogens (tertiary/aromatic N) is 3. The first-order valence-corrected chi connectivity index (χ1v) is 5.92. The Balaban J connectivity index is 2.06. The molecule has 0 amide bonds. The third-order valence-corrected chi connectivity index (χ3v) is 2.45. The molecule has 0 spiro atoms. The van der Waals surface area contributed by atoms with Crippen LogP contribution in [0.25, 0.3) is 0 Å². The van der Waals surface area contributed by atoms with Crippen molar-refractivity contribution in [2.24, 2.45) is 4.99 Å². The molecule has 20 heavy (non-hydrogen) atoms. The summed E-state index contributed by atoms with van der Waals surface area (Å²) in [4.78, 5) is 8.24. The predicted octanol–water partition coefficient (Wildman–Crippen LogP) is 1.83. The Bertz CT molecular complexity index is 616. The van der Waals surface area contributed by atoms with Crippen LogP contribution in [0.1, 0.15) is 5.56 Å². The van der Waals surface area contributed by atoms with Crippen molar-refractivity contribution in [3.05, 3.63) is 54.4 Å². The van der Waals surface area contributed by atoms with Crippen molar-refractivity contribution in [2.45, 2.75) is 6.54 Å². The molecule has 1 aromatic carbocycles. The highest BCUT2D eigenvalue weighted by Crippen LogP contribution is 2.10. The SMILES string of the molecule is N#CNC(=NCc1ccc(O)cc1)Nc1cccnc1. The Morgan fingerprint density at radius 3 is 2.75 bits per heavy atom. The molecule has 0 saturated carbocycles. The summed E-state index contributed by atoms with van der Waals surface area (Å²) >= 11 is 0. The second kappa shape index (κ2) is 6.75. The van der Waals surface area contributed by atoms with E-state index < -0.39 is 0 Å². The van der Waals surface area contributed by atoms with Gasteiger partial charge >= 0.3 is 0 Å². The molecule has 6 heteroatoms. The fourth-order valence-electron chi connectivity index (χ4n) is 1.51. The number of phenols is 1. The Labute approximate surface area is 116 Å². The van der Waals surface area contributed by atoms with Crippen molar-refractivity contribution in [1.29, 1.82) is 5.26 Å². The van der Waals surface area contributed by atoms with Crippen molar-refractivity contribution in [3.63, 3.8) is 0 Å². The number of aromatic hydroxyl groups is 1. The normalized spacial score (nSPS) is 10.7.